The Kier molecular flexibility index (Phi) is 9.20. The molecule has 2 heterocycles. The molecule has 0 spiro atoms. The highest BCUT2D eigenvalue weighted by Crippen LogP contribution is 2.67. The minimum absolute atomic E-state index is 0.0490. The Morgan fingerprint density at radius 2 is 1.45 bits per heavy atom. The number of anilines is 2. The van der Waals surface area contributed by atoms with Crippen molar-refractivity contribution in [2.24, 2.45) is 17.8 Å². The maximum atomic E-state index is 14.6. The number of allylic oxidation sites excluding steroid dienone is 2. The van der Waals surface area contributed by atoms with Gasteiger partial charge in [0.25, 0.3) is 11.8 Å². The Hall–Kier alpha value is -5.65. The molecule has 4 amide bonds. The average molecular weight is 798 g/mol. The summed E-state index contributed by atoms with van der Waals surface area (Å²) >= 11 is 14.9. The lowest BCUT2D eigenvalue weighted by atomic mass is 9.56. The van der Waals surface area contributed by atoms with Crippen molar-refractivity contribution in [2.45, 2.75) is 28.5 Å². The first kappa shape index (κ1) is 37.3. The standard InChI is InChI=1S/C43H35Cl2FN2O8/c1-54-28-17-20-33(55-2)24(21-28)10-7-23-8-13-26(14-9-23)47-38(50)30-19-18-29-31(35(30)39(47)51)22-42(44)40(52)48(27-15-11-25(46)12-16-27)41(53)43(42,45)37(29)36-32(49)5-4-6-34(36)56-3/h4-18,20-21,30-31,35,37,49H,19,22H2,1-3H3. The molecule has 2 saturated heterocycles. The zero-order valence-corrected chi connectivity index (χ0v) is 31.9. The summed E-state index contributed by atoms with van der Waals surface area (Å²) in [6.45, 7) is 0. The van der Waals surface area contributed by atoms with Gasteiger partial charge in [0.2, 0.25) is 11.8 Å². The molecule has 6 atom stereocenters. The molecule has 13 heteroatoms. The van der Waals surface area contributed by atoms with Crippen molar-refractivity contribution in [3.05, 3.63) is 119 Å². The number of imide groups is 2. The third kappa shape index (κ3) is 5.43. The molecule has 1 saturated carbocycles. The molecule has 0 bridgehead atoms. The van der Waals surface area contributed by atoms with Crippen LogP contribution in [0.3, 0.4) is 0 Å². The molecule has 4 aliphatic rings. The molecule has 6 unspecified atom stereocenters. The number of hydrogen-bond acceptors (Lipinski definition) is 8. The van der Waals surface area contributed by atoms with Crippen LogP contribution in [0.4, 0.5) is 15.8 Å². The van der Waals surface area contributed by atoms with Crippen LogP contribution >= 0.6 is 23.2 Å². The van der Waals surface area contributed by atoms with Crippen LogP contribution in [0, 0.1) is 23.6 Å². The first-order valence-corrected chi connectivity index (χ1v) is 18.6. The van der Waals surface area contributed by atoms with E-state index in [9.17, 15) is 28.7 Å². The van der Waals surface area contributed by atoms with E-state index in [0.29, 0.717) is 22.8 Å². The van der Waals surface area contributed by atoms with Gasteiger partial charge in [-0.25, -0.2) is 9.29 Å². The monoisotopic (exact) mass is 796 g/mol. The molecule has 286 valence electrons. The largest absolute Gasteiger partial charge is 0.508 e. The van der Waals surface area contributed by atoms with Crippen LogP contribution in [0.25, 0.3) is 12.2 Å². The molecule has 8 rings (SSSR count). The average Bonchev–Trinajstić information content (AvgIpc) is 3.54. The number of carbonyl (C=O) groups is 4. The highest BCUT2D eigenvalue weighted by molar-refractivity contribution is 6.58. The molecule has 4 aromatic carbocycles. The Morgan fingerprint density at radius 3 is 2.12 bits per heavy atom. The van der Waals surface area contributed by atoms with E-state index in [1.807, 2.05) is 18.2 Å². The van der Waals surface area contributed by atoms with Gasteiger partial charge in [0, 0.05) is 17.0 Å². The van der Waals surface area contributed by atoms with Crippen molar-refractivity contribution >= 4 is 70.4 Å². The van der Waals surface area contributed by atoms with E-state index in [1.165, 1.54) is 25.3 Å². The van der Waals surface area contributed by atoms with E-state index in [1.54, 1.807) is 68.8 Å². The van der Waals surface area contributed by atoms with E-state index in [-0.39, 0.29) is 35.6 Å². The second-order valence-corrected chi connectivity index (χ2v) is 15.4. The molecule has 3 fully saturated rings. The number of nitrogens with zero attached hydrogens (tertiary/aromatic N) is 2. The second kappa shape index (κ2) is 13.8. The Labute approximate surface area is 331 Å². The first-order chi connectivity index (χ1) is 26.9. The smallest absolute Gasteiger partial charge is 0.258 e. The van der Waals surface area contributed by atoms with Crippen LogP contribution in [0.15, 0.2) is 96.6 Å². The fourth-order valence-corrected chi connectivity index (χ4v) is 9.78. The summed E-state index contributed by atoms with van der Waals surface area (Å²) in [6, 6.07) is 21.7. The lowest BCUT2D eigenvalue weighted by molar-refractivity contribution is -0.125. The van der Waals surface area contributed by atoms with Gasteiger partial charge in [-0.1, -0.05) is 42.0 Å². The van der Waals surface area contributed by atoms with E-state index < -0.39 is 62.9 Å². The number of amides is 4. The highest BCUT2D eigenvalue weighted by Gasteiger charge is 2.77. The fraction of sp³-hybridized carbons (Fsp3) is 0.256. The van der Waals surface area contributed by atoms with Crippen molar-refractivity contribution in [3.63, 3.8) is 0 Å². The SMILES string of the molecule is COc1ccc(OC)c(C=Cc2ccc(N3C(=O)C4CC=C5C(CC6(Cl)C(=O)N(c7ccc(F)cc7)C(=O)C6(Cl)C5c5c(O)cccc5OC)C4C3=O)cc2)c1. The third-order valence-electron chi connectivity index (χ3n) is 11.5. The maximum Gasteiger partial charge on any atom is 0.258 e. The lowest BCUT2D eigenvalue weighted by Gasteiger charge is -2.50. The van der Waals surface area contributed by atoms with Gasteiger partial charge < -0.3 is 19.3 Å². The summed E-state index contributed by atoms with van der Waals surface area (Å²) in [6.07, 6.45) is 5.36. The van der Waals surface area contributed by atoms with Gasteiger partial charge in [-0.2, -0.15) is 0 Å². The Balaban J connectivity index is 1.17. The molecule has 0 radical (unpaired) electrons. The van der Waals surface area contributed by atoms with E-state index in [4.69, 9.17) is 37.4 Å². The maximum absolute atomic E-state index is 14.6. The van der Waals surface area contributed by atoms with Gasteiger partial charge in [-0.3, -0.25) is 24.1 Å². The summed E-state index contributed by atoms with van der Waals surface area (Å²) in [4.78, 5) is 55.5. The number of fused-ring (bicyclic) bond motifs is 4. The number of carbonyl (C=O) groups excluding carboxylic acids is 4. The lowest BCUT2D eigenvalue weighted by Crippen LogP contribution is -2.60. The number of halogens is 3. The molecular weight excluding hydrogens is 762 g/mol. The first-order valence-electron chi connectivity index (χ1n) is 17.8. The number of aromatic hydroxyl groups is 1. The van der Waals surface area contributed by atoms with Crippen molar-refractivity contribution < 1.29 is 42.9 Å². The summed E-state index contributed by atoms with van der Waals surface area (Å²) in [5.41, 5.74) is 2.59. The number of hydrogen-bond donors (Lipinski definition) is 1. The van der Waals surface area contributed by atoms with Crippen LogP contribution in [-0.2, 0) is 19.2 Å². The Bertz CT molecular complexity index is 2370. The number of methoxy groups -OCH3 is 3. The predicted molar refractivity (Wildman–Crippen MR) is 209 cm³/mol. The molecule has 2 aliphatic carbocycles. The van der Waals surface area contributed by atoms with E-state index in [0.717, 1.165) is 33.1 Å². The van der Waals surface area contributed by atoms with Crippen molar-refractivity contribution in [1.29, 1.82) is 0 Å². The predicted octanol–water partition coefficient (Wildman–Crippen LogP) is 7.50. The minimum atomic E-state index is -2.23. The van der Waals surface area contributed by atoms with Crippen LogP contribution in [0.5, 0.6) is 23.0 Å². The zero-order valence-electron chi connectivity index (χ0n) is 30.4. The number of ether oxygens (including phenoxy) is 3. The number of benzene rings is 4. The molecule has 10 nitrogen and oxygen atoms in total. The van der Waals surface area contributed by atoms with Crippen LogP contribution in [0.2, 0.25) is 0 Å². The van der Waals surface area contributed by atoms with E-state index in [2.05, 4.69) is 0 Å². The topological polar surface area (TPSA) is 123 Å². The normalized spacial score (nSPS) is 26.9. The highest BCUT2D eigenvalue weighted by atomic mass is 35.5. The summed E-state index contributed by atoms with van der Waals surface area (Å²) < 4.78 is 30.5. The molecule has 1 N–H and O–H groups in total. The third-order valence-corrected chi connectivity index (χ3v) is 12.9. The molecule has 0 aromatic heterocycles. The molecule has 4 aromatic rings. The van der Waals surface area contributed by atoms with Gasteiger partial charge in [0.1, 0.15) is 28.8 Å². The molecule has 56 heavy (non-hydrogen) atoms. The van der Waals surface area contributed by atoms with Crippen molar-refractivity contribution in [1.82, 2.24) is 0 Å². The van der Waals surface area contributed by atoms with Gasteiger partial charge in [-0.15, -0.1) is 23.2 Å². The van der Waals surface area contributed by atoms with Gasteiger partial charge in [-0.05, 0) is 91.1 Å². The number of phenolic OH excluding ortho intramolecular Hbond substituents is 1. The second-order valence-electron chi connectivity index (χ2n) is 14.2. The molecular formula is C43H35Cl2FN2O8. The van der Waals surface area contributed by atoms with Crippen LogP contribution < -0.4 is 24.0 Å². The van der Waals surface area contributed by atoms with Crippen molar-refractivity contribution in [2.75, 3.05) is 31.1 Å². The number of alkyl halides is 2. The van der Waals surface area contributed by atoms with Crippen LogP contribution in [0.1, 0.15) is 35.4 Å². The number of rotatable bonds is 8. The van der Waals surface area contributed by atoms with Crippen LogP contribution in [-0.4, -0.2) is 59.8 Å². The minimum Gasteiger partial charge on any atom is -0.508 e. The Morgan fingerprint density at radius 1 is 0.768 bits per heavy atom. The fourth-order valence-electron chi connectivity index (χ4n) is 8.86. The number of phenols is 1. The quantitative estimate of drug-likeness (QED) is 0.0843. The van der Waals surface area contributed by atoms with Gasteiger partial charge in [0.15, 0.2) is 9.75 Å². The summed E-state index contributed by atoms with van der Waals surface area (Å²) in [5.74, 6) is -5.89. The van der Waals surface area contributed by atoms with E-state index >= 15 is 0 Å². The summed E-state index contributed by atoms with van der Waals surface area (Å²) in [5, 5.41) is 11.4. The zero-order chi connectivity index (χ0) is 39.7. The van der Waals surface area contributed by atoms with Crippen molar-refractivity contribution in [3.8, 4) is 23.0 Å². The van der Waals surface area contributed by atoms with Gasteiger partial charge in [0.05, 0.1) is 44.5 Å². The molecule has 2 aliphatic heterocycles. The summed E-state index contributed by atoms with van der Waals surface area (Å²) in [7, 11) is 4.55. The van der Waals surface area contributed by atoms with Gasteiger partial charge >= 0.3 is 0 Å².